The molecule has 2 rings (SSSR count). The molecule has 2 heterocycles. The lowest BCUT2D eigenvalue weighted by Crippen LogP contribution is -2.60. The summed E-state index contributed by atoms with van der Waals surface area (Å²) in [4.78, 5) is 26.9. The summed E-state index contributed by atoms with van der Waals surface area (Å²) in [6.07, 6.45) is 1.89. The van der Waals surface area contributed by atoms with Crippen LogP contribution in [0.3, 0.4) is 0 Å². The number of hydrogen-bond donors (Lipinski definition) is 1. The van der Waals surface area contributed by atoms with Gasteiger partial charge < -0.3 is 19.6 Å². The Morgan fingerprint density at radius 2 is 2.33 bits per heavy atom. The number of morpholine rings is 1. The Hall–Kier alpha value is -1.14. The first-order valence-electron chi connectivity index (χ1n) is 6.47. The molecule has 0 bridgehead atoms. The first-order chi connectivity index (χ1) is 8.63. The molecule has 0 aromatic carbocycles. The molecule has 0 aromatic heterocycles. The number of rotatable bonds is 3. The van der Waals surface area contributed by atoms with E-state index < -0.39 is 12.0 Å². The molecule has 0 radical (unpaired) electrons. The molecule has 1 amide bonds. The number of likely N-dealkylation sites (tertiary alicyclic amines) is 1. The minimum absolute atomic E-state index is 0.00635. The molecule has 2 saturated heterocycles. The van der Waals surface area contributed by atoms with E-state index in [1.165, 1.54) is 4.90 Å². The van der Waals surface area contributed by atoms with Crippen molar-refractivity contribution in [2.45, 2.75) is 31.8 Å². The average Bonchev–Trinajstić information content (AvgIpc) is 2.38. The summed E-state index contributed by atoms with van der Waals surface area (Å²) >= 11 is 0. The maximum Gasteiger partial charge on any atom is 0.328 e. The van der Waals surface area contributed by atoms with Crippen molar-refractivity contribution in [1.82, 2.24) is 9.80 Å². The van der Waals surface area contributed by atoms with Crippen LogP contribution in [-0.4, -0.2) is 71.7 Å². The zero-order valence-corrected chi connectivity index (χ0v) is 10.7. The second-order valence-electron chi connectivity index (χ2n) is 4.86. The third-order valence-electron chi connectivity index (χ3n) is 3.73. The minimum Gasteiger partial charge on any atom is -0.480 e. The summed E-state index contributed by atoms with van der Waals surface area (Å²) in [6.45, 7) is 4.93. The lowest BCUT2D eigenvalue weighted by Gasteiger charge is -2.43. The predicted octanol–water partition coefficient (Wildman–Crippen LogP) is -0.217. The van der Waals surface area contributed by atoms with Gasteiger partial charge in [-0.1, -0.05) is 6.92 Å². The van der Waals surface area contributed by atoms with Crippen molar-refractivity contribution >= 4 is 11.9 Å². The molecule has 6 heteroatoms. The number of carboxylic acid groups (broad SMARTS) is 1. The van der Waals surface area contributed by atoms with Gasteiger partial charge >= 0.3 is 5.97 Å². The molecular formula is C12H20N2O4. The second kappa shape index (κ2) is 5.67. The highest BCUT2D eigenvalue weighted by atomic mass is 16.5. The number of ether oxygens (including phenoxy) is 1. The number of carboxylic acids is 1. The molecule has 0 aliphatic carbocycles. The van der Waals surface area contributed by atoms with Crippen LogP contribution in [0.15, 0.2) is 0 Å². The van der Waals surface area contributed by atoms with E-state index in [2.05, 4.69) is 11.8 Å². The topological polar surface area (TPSA) is 70.1 Å². The summed E-state index contributed by atoms with van der Waals surface area (Å²) < 4.78 is 5.04. The molecule has 0 spiro atoms. The SMILES string of the molecule is CCN1CCCC(N2C(=O)COCC2C(=O)O)C1. The van der Waals surface area contributed by atoms with Crippen molar-refractivity contribution in [1.29, 1.82) is 0 Å². The summed E-state index contributed by atoms with van der Waals surface area (Å²) in [5.74, 6) is -1.17. The zero-order valence-electron chi connectivity index (χ0n) is 10.7. The van der Waals surface area contributed by atoms with Crippen molar-refractivity contribution in [3.63, 3.8) is 0 Å². The predicted molar refractivity (Wildman–Crippen MR) is 64.2 cm³/mol. The molecule has 2 aliphatic heterocycles. The molecule has 0 aromatic rings. The van der Waals surface area contributed by atoms with Crippen LogP contribution in [0.1, 0.15) is 19.8 Å². The molecule has 18 heavy (non-hydrogen) atoms. The van der Waals surface area contributed by atoms with Gasteiger partial charge in [0.15, 0.2) is 6.04 Å². The van der Waals surface area contributed by atoms with Crippen LogP contribution in [0.5, 0.6) is 0 Å². The monoisotopic (exact) mass is 256 g/mol. The third kappa shape index (κ3) is 2.64. The standard InChI is InChI=1S/C12H20N2O4/c1-2-13-5-3-4-9(6-13)14-10(12(16)17)7-18-8-11(14)15/h9-10H,2-8H2,1H3,(H,16,17). The second-order valence-corrected chi connectivity index (χ2v) is 4.86. The first kappa shape index (κ1) is 13.3. The van der Waals surface area contributed by atoms with Gasteiger partial charge in [0.2, 0.25) is 5.91 Å². The number of carbonyl (C=O) groups excluding carboxylic acids is 1. The van der Waals surface area contributed by atoms with Crippen molar-refractivity contribution in [2.75, 3.05) is 32.8 Å². The zero-order chi connectivity index (χ0) is 13.1. The van der Waals surface area contributed by atoms with Crippen LogP contribution in [0, 0.1) is 0 Å². The number of hydrogen-bond acceptors (Lipinski definition) is 4. The quantitative estimate of drug-likeness (QED) is 0.756. The lowest BCUT2D eigenvalue weighted by atomic mass is 10.0. The molecule has 2 fully saturated rings. The summed E-state index contributed by atoms with van der Waals surface area (Å²) in [7, 11) is 0. The molecule has 102 valence electrons. The summed E-state index contributed by atoms with van der Waals surface area (Å²) in [5, 5.41) is 9.19. The van der Waals surface area contributed by atoms with E-state index in [4.69, 9.17) is 4.74 Å². The molecule has 2 atom stereocenters. The minimum atomic E-state index is -0.975. The first-order valence-corrected chi connectivity index (χ1v) is 6.47. The molecule has 6 nitrogen and oxygen atoms in total. The smallest absolute Gasteiger partial charge is 0.328 e. The van der Waals surface area contributed by atoms with Crippen LogP contribution < -0.4 is 0 Å². The number of amides is 1. The number of piperidine rings is 1. The molecule has 2 aliphatic rings. The highest BCUT2D eigenvalue weighted by Gasteiger charge is 2.39. The van der Waals surface area contributed by atoms with Crippen LogP contribution in [0.25, 0.3) is 0 Å². The van der Waals surface area contributed by atoms with Gasteiger partial charge in [-0.15, -0.1) is 0 Å². The van der Waals surface area contributed by atoms with Crippen LogP contribution in [0.2, 0.25) is 0 Å². The number of carbonyl (C=O) groups is 2. The Bertz CT molecular complexity index is 334. The average molecular weight is 256 g/mol. The lowest BCUT2D eigenvalue weighted by molar-refractivity contribution is -0.167. The van der Waals surface area contributed by atoms with E-state index in [0.717, 1.165) is 32.5 Å². The van der Waals surface area contributed by atoms with Crippen LogP contribution in [-0.2, 0) is 14.3 Å². The third-order valence-corrected chi connectivity index (χ3v) is 3.73. The number of aliphatic carboxylic acids is 1. The van der Waals surface area contributed by atoms with E-state index >= 15 is 0 Å². The Morgan fingerprint density at radius 3 is 3.00 bits per heavy atom. The molecule has 0 saturated carbocycles. The van der Waals surface area contributed by atoms with Gasteiger partial charge in [0.05, 0.1) is 6.61 Å². The van der Waals surface area contributed by atoms with E-state index in [9.17, 15) is 14.7 Å². The van der Waals surface area contributed by atoms with Gasteiger partial charge in [0, 0.05) is 12.6 Å². The van der Waals surface area contributed by atoms with E-state index in [-0.39, 0.29) is 25.2 Å². The van der Waals surface area contributed by atoms with Gasteiger partial charge in [0.1, 0.15) is 6.61 Å². The van der Waals surface area contributed by atoms with Gasteiger partial charge in [-0.25, -0.2) is 4.79 Å². The highest BCUT2D eigenvalue weighted by Crippen LogP contribution is 2.21. The number of likely N-dealkylation sites (N-methyl/N-ethyl adjacent to an activating group) is 1. The van der Waals surface area contributed by atoms with Gasteiger partial charge in [-0.2, -0.15) is 0 Å². The van der Waals surface area contributed by atoms with Crippen molar-refractivity contribution in [2.24, 2.45) is 0 Å². The van der Waals surface area contributed by atoms with Crippen molar-refractivity contribution < 1.29 is 19.4 Å². The van der Waals surface area contributed by atoms with Crippen LogP contribution >= 0.6 is 0 Å². The molecular weight excluding hydrogens is 236 g/mol. The fraction of sp³-hybridized carbons (Fsp3) is 0.833. The Labute approximate surface area is 106 Å². The Balaban J connectivity index is 2.11. The van der Waals surface area contributed by atoms with Gasteiger partial charge in [-0.05, 0) is 25.9 Å². The Kier molecular flexibility index (Phi) is 4.19. The van der Waals surface area contributed by atoms with Gasteiger partial charge in [-0.3, -0.25) is 4.79 Å². The Morgan fingerprint density at radius 1 is 1.56 bits per heavy atom. The molecule has 1 N–H and O–H groups in total. The summed E-state index contributed by atoms with van der Waals surface area (Å²) in [6, 6.07) is -0.816. The van der Waals surface area contributed by atoms with E-state index in [1.807, 2.05) is 0 Å². The van der Waals surface area contributed by atoms with E-state index in [1.54, 1.807) is 0 Å². The molecule has 2 unspecified atom stereocenters. The fourth-order valence-corrected chi connectivity index (χ4v) is 2.78. The van der Waals surface area contributed by atoms with Crippen LogP contribution in [0.4, 0.5) is 0 Å². The largest absolute Gasteiger partial charge is 0.480 e. The fourth-order valence-electron chi connectivity index (χ4n) is 2.78. The van der Waals surface area contributed by atoms with Crippen molar-refractivity contribution in [3.05, 3.63) is 0 Å². The summed E-state index contributed by atoms with van der Waals surface area (Å²) in [5.41, 5.74) is 0. The number of nitrogens with zero attached hydrogens (tertiary/aromatic N) is 2. The highest BCUT2D eigenvalue weighted by molar-refractivity contribution is 5.85. The normalized spacial score (nSPS) is 30.5. The van der Waals surface area contributed by atoms with Gasteiger partial charge in [0.25, 0.3) is 0 Å². The maximum absolute atomic E-state index is 11.9. The maximum atomic E-state index is 11.9. The van der Waals surface area contributed by atoms with E-state index in [0.29, 0.717) is 0 Å². The van der Waals surface area contributed by atoms with Crippen molar-refractivity contribution in [3.8, 4) is 0 Å².